The highest BCUT2D eigenvalue weighted by Crippen LogP contribution is 2.40. The Hall–Kier alpha value is -6.58. The number of rotatable bonds is 4. The zero-order chi connectivity index (χ0) is 32.3. The van der Waals surface area contributed by atoms with Crippen molar-refractivity contribution in [1.29, 1.82) is 0 Å². The zero-order valence-corrected chi connectivity index (χ0v) is 26.5. The maximum atomic E-state index is 6.46. The Morgan fingerprint density at radius 3 is 1.55 bits per heavy atom. The maximum absolute atomic E-state index is 6.46. The molecule has 0 spiro atoms. The van der Waals surface area contributed by atoms with Crippen molar-refractivity contribution in [1.82, 2.24) is 9.97 Å². The molecule has 10 aromatic rings. The molecule has 10 rings (SSSR count). The highest BCUT2D eigenvalue weighted by molar-refractivity contribution is 6.25. The molecule has 49 heavy (non-hydrogen) atoms. The molecule has 0 amide bonds. The molecule has 0 saturated heterocycles. The summed E-state index contributed by atoms with van der Waals surface area (Å²) in [5.41, 5.74) is 8.74. The van der Waals surface area contributed by atoms with Gasteiger partial charge in [-0.2, -0.15) is 4.98 Å². The summed E-state index contributed by atoms with van der Waals surface area (Å²) in [7, 11) is 0. The van der Waals surface area contributed by atoms with Crippen LogP contribution in [0.15, 0.2) is 174 Å². The smallest absolute Gasteiger partial charge is 0.231 e. The normalized spacial score (nSPS) is 11.7. The van der Waals surface area contributed by atoms with E-state index < -0.39 is 0 Å². The molecule has 3 nitrogen and oxygen atoms in total. The topological polar surface area (TPSA) is 38.9 Å². The average Bonchev–Trinajstić information content (AvgIpc) is 3.56. The second kappa shape index (κ2) is 11.0. The largest absolute Gasteiger partial charge is 0.438 e. The van der Waals surface area contributed by atoms with Crippen molar-refractivity contribution in [3.8, 4) is 44.9 Å². The van der Waals surface area contributed by atoms with Gasteiger partial charge in [0.15, 0.2) is 5.82 Å². The zero-order valence-electron chi connectivity index (χ0n) is 26.5. The lowest BCUT2D eigenvalue weighted by molar-refractivity contribution is 0.653. The number of benzene rings is 8. The Morgan fingerprint density at radius 2 is 0.837 bits per heavy atom. The van der Waals surface area contributed by atoms with Crippen molar-refractivity contribution >= 4 is 54.4 Å². The van der Waals surface area contributed by atoms with Gasteiger partial charge in [0.1, 0.15) is 5.58 Å². The summed E-state index contributed by atoms with van der Waals surface area (Å²) >= 11 is 0. The van der Waals surface area contributed by atoms with Crippen LogP contribution in [0.3, 0.4) is 0 Å². The summed E-state index contributed by atoms with van der Waals surface area (Å²) in [6.07, 6.45) is 0. The quantitative estimate of drug-likeness (QED) is 0.183. The molecule has 0 atom stereocenters. The van der Waals surface area contributed by atoms with Gasteiger partial charge in [-0.25, -0.2) is 4.98 Å². The predicted octanol–water partition coefficient (Wildman–Crippen LogP) is 12.5. The first-order valence-corrected chi connectivity index (χ1v) is 16.6. The van der Waals surface area contributed by atoms with Gasteiger partial charge in [-0.15, -0.1) is 0 Å². The SMILES string of the molecule is c1ccc(-c2ccc3oc4nc(-c5cccc(-c6ccc7c8ccccc8c8ccccc8c7c6)c5)nc(-c5ccccc5)c4c3c2)cc1. The second-order valence-electron chi connectivity index (χ2n) is 12.6. The van der Waals surface area contributed by atoms with Gasteiger partial charge >= 0.3 is 0 Å². The standard InChI is InChI=1S/C46H28N2O/c1-3-12-29(13-4-1)32-23-25-42-41(28-32)43-44(30-14-5-2-6-15-30)47-45(48-46(43)49-42)34-17-11-16-31(26-34)33-22-24-39-37-20-8-7-18-35(37)36-19-9-10-21-38(36)40(39)27-33/h1-28H. The highest BCUT2D eigenvalue weighted by Gasteiger charge is 2.19. The Bertz CT molecular complexity index is 2840. The molecule has 0 bridgehead atoms. The molecule has 3 heteroatoms. The molecule has 2 heterocycles. The third-order valence-electron chi connectivity index (χ3n) is 9.68. The summed E-state index contributed by atoms with van der Waals surface area (Å²) in [6.45, 7) is 0. The van der Waals surface area contributed by atoms with Crippen LogP contribution in [0.1, 0.15) is 0 Å². The van der Waals surface area contributed by atoms with E-state index in [1.54, 1.807) is 0 Å². The second-order valence-corrected chi connectivity index (χ2v) is 12.6. The van der Waals surface area contributed by atoms with Crippen molar-refractivity contribution in [2.75, 3.05) is 0 Å². The van der Waals surface area contributed by atoms with Crippen LogP contribution in [0.4, 0.5) is 0 Å². The van der Waals surface area contributed by atoms with Gasteiger partial charge in [0.2, 0.25) is 5.71 Å². The van der Waals surface area contributed by atoms with Crippen LogP contribution >= 0.6 is 0 Å². The summed E-state index contributed by atoms with van der Waals surface area (Å²) in [4.78, 5) is 10.3. The van der Waals surface area contributed by atoms with Crippen molar-refractivity contribution in [2.45, 2.75) is 0 Å². The van der Waals surface area contributed by atoms with E-state index in [1.807, 2.05) is 30.3 Å². The fourth-order valence-corrected chi connectivity index (χ4v) is 7.34. The van der Waals surface area contributed by atoms with Gasteiger partial charge in [0.05, 0.1) is 11.1 Å². The monoisotopic (exact) mass is 624 g/mol. The fraction of sp³-hybridized carbons (Fsp3) is 0. The summed E-state index contributed by atoms with van der Waals surface area (Å²) in [6, 6.07) is 59.8. The van der Waals surface area contributed by atoms with Crippen LogP contribution in [-0.2, 0) is 0 Å². The Morgan fingerprint density at radius 1 is 0.327 bits per heavy atom. The van der Waals surface area contributed by atoms with E-state index in [-0.39, 0.29) is 0 Å². The molecule has 0 radical (unpaired) electrons. The molecule has 0 aliphatic rings. The van der Waals surface area contributed by atoms with E-state index in [9.17, 15) is 0 Å². The van der Waals surface area contributed by atoms with Crippen LogP contribution in [0.5, 0.6) is 0 Å². The van der Waals surface area contributed by atoms with Crippen LogP contribution < -0.4 is 0 Å². The average molecular weight is 625 g/mol. The molecular formula is C46H28N2O. The molecule has 0 aliphatic carbocycles. The van der Waals surface area contributed by atoms with Crippen molar-refractivity contribution < 1.29 is 4.42 Å². The Kier molecular flexibility index (Phi) is 6.18. The van der Waals surface area contributed by atoms with Crippen LogP contribution in [0.25, 0.3) is 99.3 Å². The van der Waals surface area contributed by atoms with E-state index in [0.29, 0.717) is 11.5 Å². The van der Waals surface area contributed by atoms with Gasteiger partial charge in [-0.05, 0) is 78.8 Å². The number of hydrogen-bond acceptors (Lipinski definition) is 3. The van der Waals surface area contributed by atoms with Crippen LogP contribution in [-0.4, -0.2) is 9.97 Å². The third kappa shape index (κ3) is 4.51. The minimum Gasteiger partial charge on any atom is -0.438 e. The number of aromatic nitrogens is 2. The van der Waals surface area contributed by atoms with Gasteiger partial charge in [0.25, 0.3) is 0 Å². The minimum atomic E-state index is 0.582. The van der Waals surface area contributed by atoms with Crippen molar-refractivity contribution in [3.05, 3.63) is 170 Å². The molecule has 0 N–H and O–H groups in total. The molecule has 8 aromatic carbocycles. The van der Waals surface area contributed by atoms with Gasteiger partial charge in [-0.3, -0.25) is 0 Å². The number of fused-ring (bicyclic) bond motifs is 9. The van der Waals surface area contributed by atoms with Crippen LogP contribution in [0, 0.1) is 0 Å². The summed E-state index contributed by atoms with van der Waals surface area (Å²) in [5.74, 6) is 0.632. The molecule has 0 saturated carbocycles. The van der Waals surface area contributed by atoms with E-state index in [0.717, 1.165) is 55.4 Å². The van der Waals surface area contributed by atoms with Crippen LogP contribution in [0.2, 0.25) is 0 Å². The lowest BCUT2D eigenvalue weighted by Gasteiger charge is -2.12. The van der Waals surface area contributed by atoms with Crippen molar-refractivity contribution in [3.63, 3.8) is 0 Å². The van der Waals surface area contributed by atoms with E-state index in [2.05, 4.69) is 140 Å². The van der Waals surface area contributed by atoms with Gasteiger partial charge in [-0.1, -0.05) is 146 Å². The molecule has 228 valence electrons. The summed E-state index contributed by atoms with van der Waals surface area (Å²) < 4.78 is 6.46. The first-order valence-electron chi connectivity index (χ1n) is 16.6. The molecule has 2 aromatic heterocycles. The van der Waals surface area contributed by atoms with Crippen molar-refractivity contribution in [2.24, 2.45) is 0 Å². The molecular weight excluding hydrogens is 597 g/mol. The molecule has 0 unspecified atom stereocenters. The predicted molar refractivity (Wildman–Crippen MR) is 204 cm³/mol. The molecule has 0 aliphatic heterocycles. The van der Waals surface area contributed by atoms with Gasteiger partial charge in [0, 0.05) is 16.5 Å². The molecule has 0 fully saturated rings. The van der Waals surface area contributed by atoms with Gasteiger partial charge < -0.3 is 4.42 Å². The minimum absolute atomic E-state index is 0.582. The van der Waals surface area contributed by atoms with E-state index >= 15 is 0 Å². The number of hydrogen-bond donors (Lipinski definition) is 0. The first-order chi connectivity index (χ1) is 24.3. The number of nitrogens with zero attached hydrogens (tertiary/aromatic N) is 2. The lowest BCUT2D eigenvalue weighted by Crippen LogP contribution is -1.94. The Labute approximate surface area is 282 Å². The van der Waals surface area contributed by atoms with E-state index in [4.69, 9.17) is 14.4 Å². The highest BCUT2D eigenvalue weighted by atomic mass is 16.3. The third-order valence-corrected chi connectivity index (χ3v) is 9.68. The fourth-order valence-electron chi connectivity index (χ4n) is 7.34. The number of furan rings is 1. The lowest BCUT2D eigenvalue weighted by atomic mass is 9.92. The Balaban J connectivity index is 1.15. The first kappa shape index (κ1) is 27.5. The maximum Gasteiger partial charge on any atom is 0.231 e. The van der Waals surface area contributed by atoms with E-state index in [1.165, 1.54) is 32.3 Å². The summed E-state index contributed by atoms with van der Waals surface area (Å²) in [5, 5.41) is 9.52.